The van der Waals surface area contributed by atoms with Gasteiger partial charge in [-0.2, -0.15) is 0 Å². The molecule has 0 aromatic heterocycles. The van der Waals surface area contributed by atoms with Gasteiger partial charge in [-0.25, -0.2) is 0 Å². The molecule has 27 heavy (non-hydrogen) atoms. The van der Waals surface area contributed by atoms with Crippen molar-refractivity contribution >= 4 is 0 Å². The molecule has 0 aliphatic heterocycles. The largest absolute Gasteiger partial charge is 0.393 e. The Bertz CT molecular complexity index is 271. The fraction of sp³-hybridized carbons (Fsp3) is 1.00. The van der Waals surface area contributed by atoms with Gasteiger partial charge in [-0.05, 0) is 24.7 Å². The van der Waals surface area contributed by atoms with Crippen LogP contribution in [0.25, 0.3) is 0 Å². The first-order valence-corrected chi connectivity index (χ1v) is 12.7. The van der Waals surface area contributed by atoms with Crippen LogP contribution >= 0.6 is 0 Å². The van der Waals surface area contributed by atoms with E-state index >= 15 is 0 Å². The molecule has 0 saturated heterocycles. The summed E-state index contributed by atoms with van der Waals surface area (Å²) in [5.41, 5.74) is 0. The van der Waals surface area contributed by atoms with Crippen LogP contribution in [0, 0.1) is 11.8 Å². The lowest BCUT2D eigenvalue weighted by Crippen LogP contribution is -2.05. The van der Waals surface area contributed by atoms with Crippen molar-refractivity contribution in [2.24, 2.45) is 11.8 Å². The normalized spacial score (nSPS) is 13.0. The second-order valence-electron chi connectivity index (χ2n) is 9.90. The van der Waals surface area contributed by atoms with Gasteiger partial charge in [-0.15, -0.1) is 0 Å². The highest BCUT2D eigenvalue weighted by molar-refractivity contribution is 4.58. The summed E-state index contributed by atoms with van der Waals surface area (Å²) < 4.78 is 0. The van der Waals surface area contributed by atoms with E-state index in [0.717, 1.165) is 24.7 Å². The van der Waals surface area contributed by atoms with Gasteiger partial charge in [0.05, 0.1) is 6.10 Å². The van der Waals surface area contributed by atoms with E-state index in [4.69, 9.17) is 0 Å². The van der Waals surface area contributed by atoms with E-state index in [1.807, 2.05) is 0 Å². The maximum atomic E-state index is 10.1. The summed E-state index contributed by atoms with van der Waals surface area (Å²) in [6, 6.07) is 0. The zero-order valence-corrected chi connectivity index (χ0v) is 19.6. The Morgan fingerprint density at radius 2 is 0.593 bits per heavy atom. The molecule has 0 fully saturated rings. The van der Waals surface area contributed by atoms with Crippen LogP contribution in [0.2, 0.25) is 0 Å². The Labute approximate surface area is 173 Å². The van der Waals surface area contributed by atoms with Gasteiger partial charge >= 0.3 is 0 Å². The van der Waals surface area contributed by atoms with Crippen LogP contribution in [-0.4, -0.2) is 11.2 Å². The van der Waals surface area contributed by atoms with E-state index < -0.39 is 0 Å². The maximum Gasteiger partial charge on any atom is 0.0540 e. The van der Waals surface area contributed by atoms with Crippen LogP contribution in [0.5, 0.6) is 0 Å². The fourth-order valence-corrected chi connectivity index (χ4v) is 3.95. The summed E-state index contributed by atoms with van der Waals surface area (Å²) in [6.45, 7) is 9.29. The highest BCUT2D eigenvalue weighted by Gasteiger charge is 2.04. The summed E-state index contributed by atoms with van der Waals surface area (Å²) in [6.07, 6.45) is 25.4. The molecule has 0 aromatic carbocycles. The molecule has 0 radical (unpaired) electrons. The topological polar surface area (TPSA) is 20.2 Å². The van der Waals surface area contributed by atoms with Crippen LogP contribution in [0.4, 0.5) is 0 Å². The molecule has 0 bridgehead atoms. The van der Waals surface area contributed by atoms with Crippen LogP contribution in [0.3, 0.4) is 0 Å². The van der Waals surface area contributed by atoms with E-state index in [9.17, 15) is 5.11 Å². The van der Waals surface area contributed by atoms with Crippen molar-refractivity contribution in [3.05, 3.63) is 0 Å². The lowest BCUT2D eigenvalue weighted by atomic mass is 10.0. The van der Waals surface area contributed by atoms with Crippen molar-refractivity contribution < 1.29 is 5.11 Å². The molecule has 0 saturated carbocycles. The van der Waals surface area contributed by atoms with Gasteiger partial charge in [0.1, 0.15) is 0 Å². The number of aliphatic hydroxyl groups is 1. The van der Waals surface area contributed by atoms with Gasteiger partial charge in [0, 0.05) is 0 Å². The summed E-state index contributed by atoms with van der Waals surface area (Å²) in [4.78, 5) is 0. The summed E-state index contributed by atoms with van der Waals surface area (Å²) in [5.74, 6) is 1.74. The van der Waals surface area contributed by atoms with Crippen molar-refractivity contribution in [2.45, 2.75) is 156 Å². The third kappa shape index (κ3) is 23.9. The molecule has 0 heterocycles. The Morgan fingerprint density at radius 3 is 0.852 bits per heavy atom. The third-order valence-corrected chi connectivity index (χ3v) is 5.89. The SMILES string of the molecule is CC(C)CCCCCCCCCCC(O)CCCCCCCCCC(C)C. The molecule has 0 aromatic rings. The minimum absolute atomic E-state index is 0.0351. The van der Waals surface area contributed by atoms with Crippen molar-refractivity contribution in [3.63, 3.8) is 0 Å². The molecule has 0 rings (SSSR count). The van der Waals surface area contributed by atoms with Gasteiger partial charge in [0.2, 0.25) is 0 Å². The Balaban J connectivity index is 3.16. The first-order chi connectivity index (χ1) is 13.0. The maximum absolute atomic E-state index is 10.1. The van der Waals surface area contributed by atoms with Crippen molar-refractivity contribution in [3.8, 4) is 0 Å². The number of rotatable bonds is 21. The van der Waals surface area contributed by atoms with Crippen LogP contribution in [0.1, 0.15) is 150 Å². The molecule has 1 atom stereocenters. The lowest BCUT2D eigenvalue weighted by molar-refractivity contribution is 0.147. The molecule has 1 nitrogen and oxygen atoms in total. The van der Waals surface area contributed by atoms with Crippen LogP contribution in [-0.2, 0) is 0 Å². The number of hydrogen-bond donors (Lipinski definition) is 1. The number of unbranched alkanes of at least 4 members (excludes halogenated alkanes) is 13. The molecule has 0 spiro atoms. The fourth-order valence-electron chi connectivity index (χ4n) is 3.95. The number of aliphatic hydroxyl groups excluding tert-OH is 1. The Kier molecular flexibility index (Phi) is 20.7. The molecule has 164 valence electrons. The lowest BCUT2D eigenvalue weighted by Gasteiger charge is -2.10. The Morgan fingerprint density at radius 1 is 0.370 bits per heavy atom. The molecular weight excluding hydrogens is 328 g/mol. The molecule has 1 heteroatoms. The van der Waals surface area contributed by atoms with Gasteiger partial charge in [-0.3, -0.25) is 0 Å². The summed E-state index contributed by atoms with van der Waals surface area (Å²) in [7, 11) is 0. The minimum Gasteiger partial charge on any atom is -0.393 e. The van der Waals surface area contributed by atoms with Crippen molar-refractivity contribution in [1.29, 1.82) is 0 Å². The van der Waals surface area contributed by atoms with Gasteiger partial charge in [-0.1, -0.05) is 137 Å². The average Bonchev–Trinajstić information content (AvgIpc) is 2.61. The molecule has 1 unspecified atom stereocenters. The first-order valence-electron chi connectivity index (χ1n) is 12.7. The predicted molar refractivity (Wildman–Crippen MR) is 123 cm³/mol. The monoisotopic (exact) mass is 382 g/mol. The Hall–Kier alpha value is -0.0400. The van der Waals surface area contributed by atoms with E-state index in [0.29, 0.717) is 0 Å². The van der Waals surface area contributed by atoms with Gasteiger partial charge in [0.25, 0.3) is 0 Å². The van der Waals surface area contributed by atoms with Crippen LogP contribution in [0.15, 0.2) is 0 Å². The van der Waals surface area contributed by atoms with Gasteiger partial charge < -0.3 is 5.11 Å². The zero-order valence-electron chi connectivity index (χ0n) is 19.6. The van der Waals surface area contributed by atoms with E-state index in [1.165, 1.54) is 109 Å². The van der Waals surface area contributed by atoms with Crippen molar-refractivity contribution in [2.75, 3.05) is 0 Å². The summed E-state index contributed by atoms with van der Waals surface area (Å²) >= 11 is 0. The molecule has 0 amide bonds. The third-order valence-electron chi connectivity index (χ3n) is 5.89. The second-order valence-corrected chi connectivity index (χ2v) is 9.90. The van der Waals surface area contributed by atoms with E-state index in [2.05, 4.69) is 27.7 Å². The highest BCUT2D eigenvalue weighted by Crippen LogP contribution is 2.16. The van der Waals surface area contributed by atoms with Crippen LogP contribution < -0.4 is 0 Å². The quantitative estimate of drug-likeness (QED) is 0.196. The zero-order chi connectivity index (χ0) is 20.2. The van der Waals surface area contributed by atoms with E-state index in [-0.39, 0.29) is 6.10 Å². The van der Waals surface area contributed by atoms with Gasteiger partial charge in [0.15, 0.2) is 0 Å². The first kappa shape index (κ1) is 27.0. The minimum atomic E-state index is -0.0351. The van der Waals surface area contributed by atoms with Crippen molar-refractivity contribution in [1.82, 2.24) is 0 Å². The average molecular weight is 383 g/mol. The van der Waals surface area contributed by atoms with E-state index in [1.54, 1.807) is 0 Å². The highest BCUT2D eigenvalue weighted by atomic mass is 16.3. The molecule has 1 N–H and O–H groups in total. The standard InChI is InChI=1S/C26H54O/c1-24(2)20-16-12-8-5-6-10-14-18-22-26(27)23-19-15-11-7-9-13-17-21-25(3)4/h24-27H,5-23H2,1-4H3. The summed E-state index contributed by atoms with van der Waals surface area (Å²) in [5, 5.41) is 10.1. The molecule has 0 aliphatic carbocycles. The molecular formula is C26H54O. The number of hydrogen-bond acceptors (Lipinski definition) is 1. The molecule has 0 aliphatic rings. The second kappa shape index (κ2) is 20.7. The predicted octanol–water partition coefficient (Wildman–Crippen LogP) is 9.07. The smallest absolute Gasteiger partial charge is 0.0540 e.